The third kappa shape index (κ3) is 7.78. The summed E-state index contributed by atoms with van der Waals surface area (Å²) in [4.78, 5) is 23.8. The number of methoxy groups -OCH3 is 1. The van der Waals surface area contributed by atoms with Crippen molar-refractivity contribution in [3.05, 3.63) is 53.6 Å². The Morgan fingerprint density at radius 2 is 1.76 bits per heavy atom. The number of aliphatic carboxylic acids is 1. The highest BCUT2D eigenvalue weighted by Gasteiger charge is 2.50. The lowest BCUT2D eigenvalue weighted by atomic mass is 9.65. The predicted octanol–water partition coefficient (Wildman–Crippen LogP) is 5.71. The van der Waals surface area contributed by atoms with Gasteiger partial charge in [0.15, 0.2) is 23.1 Å². The number of alkyl halides is 3. The Hall–Kier alpha value is -3.61. The van der Waals surface area contributed by atoms with Crippen LogP contribution in [0, 0.1) is 11.6 Å². The van der Waals surface area contributed by atoms with E-state index in [9.17, 15) is 26.7 Å². The van der Waals surface area contributed by atoms with Crippen LogP contribution in [-0.2, 0) is 10.2 Å². The van der Waals surface area contributed by atoms with Crippen molar-refractivity contribution in [2.45, 2.75) is 69.3 Å². The van der Waals surface area contributed by atoms with E-state index in [4.69, 9.17) is 19.4 Å². The highest BCUT2D eigenvalue weighted by atomic mass is 19.4. The van der Waals surface area contributed by atoms with Crippen molar-refractivity contribution in [2.75, 3.05) is 26.0 Å². The average molecular weight is 588 g/mol. The summed E-state index contributed by atoms with van der Waals surface area (Å²) in [6.07, 6.45) is -1.46. The van der Waals surface area contributed by atoms with E-state index < -0.39 is 29.8 Å². The molecule has 1 aliphatic heterocycles. The number of carbonyl (C=O) groups is 2. The van der Waals surface area contributed by atoms with Gasteiger partial charge < -0.3 is 30.1 Å². The number of carboxylic acid groups (broad SMARTS) is 1. The van der Waals surface area contributed by atoms with E-state index in [0.717, 1.165) is 55.9 Å². The summed E-state index contributed by atoms with van der Waals surface area (Å²) >= 11 is 0. The number of nitrogens with one attached hydrogen (secondary N) is 2. The first-order valence-corrected chi connectivity index (χ1v) is 13.0. The summed E-state index contributed by atoms with van der Waals surface area (Å²) in [6, 6.07) is 9.39. The number of hydrogen-bond acceptors (Lipinski definition) is 5. The van der Waals surface area contributed by atoms with E-state index in [1.165, 1.54) is 11.6 Å². The van der Waals surface area contributed by atoms with Gasteiger partial charge in [0.2, 0.25) is 0 Å². The lowest BCUT2D eigenvalue weighted by molar-refractivity contribution is -0.192. The Morgan fingerprint density at radius 3 is 2.34 bits per heavy atom. The molecular weight excluding hydrogens is 553 g/mol. The van der Waals surface area contributed by atoms with Crippen LogP contribution in [0.5, 0.6) is 11.5 Å². The second kappa shape index (κ2) is 12.9. The SMILES string of the molecule is COc1ccc([C@@]23CC[C@@H](NC(=O)Nc4ccc(F)c(F)c4)C[C@@H]2N(C)CC3)cc1OC(C)C.O=C(O)C(F)(F)F. The highest BCUT2D eigenvalue weighted by molar-refractivity contribution is 5.89. The fourth-order valence-electron chi connectivity index (χ4n) is 5.51. The first kappa shape index (κ1) is 31.9. The second-order valence-corrected chi connectivity index (χ2v) is 10.4. The highest BCUT2D eigenvalue weighted by Crippen LogP contribution is 2.50. The number of likely N-dealkylation sites (N-methyl/N-ethyl adjacent to an activating group) is 1. The normalized spacial score (nSPS) is 22.3. The maximum Gasteiger partial charge on any atom is 0.490 e. The Morgan fingerprint density at radius 1 is 1.07 bits per heavy atom. The van der Waals surface area contributed by atoms with Crippen LogP contribution in [0.15, 0.2) is 36.4 Å². The van der Waals surface area contributed by atoms with Crippen molar-refractivity contribution in [1.29, 1.82) is 0 Å². The van der Waals surface area contributed by atoms with Gasteiger partial charge in [-0.1, -0.05) is 6.07 Å². The van der Waals surface area contributed by atoms with Crippen LogP contribution in [-0.4, -0.2) is 67.1 Å². The lowest BCUT2D eigenvalue weighted by Gasteiger charge is -2.45. The number of likely N-dealkylation sites (tertiary alicyclic amines) is 1. The van der Waals surface area contributed by atoms with Gasteiger partial charge in [-0.25, -0.2) is 18.4 Å². The van der Waals surface area contributed by atoms with Gasteiger partial charge in [-0.2, -0.15) is 13.2 Å². The first-order valence-electron chi connectivity index (χ1n) is 13.0. The first-order chi connectivity index (χ1) is 19.2. The molecule has 0 spiro atoms. The van der Waals surface area contributed by atoms with Gasteiger partial charge in [-0.3, -0.25) is 0 Å². The zero-order valence-corrected chi connectivity index (χ0v) is 23.1. The quantitative estimate of drug-likeness (QED) is 0.375. The number of urea groups is 1. The summed E-state index contributed by atoms with van der Waals surface area (Å²) in [5, 5.41) is 12.8. The summed E-state index contributed by atoms with van der Waals surface area (Å²) in [6.45, 7) is 4.97. The zero-order chi connectivity index (χ0) is 30.5. The molecule has 13 heteroatoms. The standard InChI is InChI=1S/C26H33F2N3O3.C2HF3O2/c1-16(2)34-23-13-17(5-8-22(23)33-4)26-10-9-19(15-24(26)31(3)12-11-26)30-25(32)29-18-6-7-20(27)21(28)14-18;3-2(4,5)1(6)7/h5-8,13-14,16,19,24H,9-12,15H2,1-4H3,(H2,29,30,32);(H,6,7)/t19-,24+,26+;/m1./s1. The number of benzene rings is 2. The number of rotatable bonds is 6. The molecule has 2 aromatic carbocycles. The number of nitrogens with zero attached hydrogens (tertiary/aromatic N) is 1. The number of ether oxygens (including phenoxy) is 2. The molecular formula is C28H34F5N3O5. The number of carbonyl (C=O) groups excluding carboxylic acids is 1. The third-order valence-electron chi connectivity index (χ3n) is 7.38. The number of amides is 2. The van der Waals surface area contributed by atoms with E-state index in [1.807, 2.05) is 19.9 Å². The van der Waals surface area contributed by atoms with E-state index in [0.29, 0.717) is 0 Å². The predicted molar refractivity (Wildman–Crippen MR) is 141 cm³/mol. The molecule has 3 atom stereocenters. The Balaban J connectivity index is 0.000000587. The molecule has 41 heavy (non-hydrogen) atoms. The van der Waals surface area contributed by atoms with Gasteiger partial charge in [0, 0.05) is 29.3 Å². The molecule has 1 saturated heterocycles. The van der Waals surface area contributed by atoms with Gasteiger partial charge in [0.25, 0.3) is 0 Å². The molecule has 8 nitrogen and oxygen atoms in total. The van der Waals surface area contributed by atoms with Gasteiger partial charge in [-0.15, -0.1) is 0 Å². The Kier molecular flexibility index (Phi) is 10.1. The number of hydrogen-bond donors (Lipinski definition) is 3. The third-order valence-corrected chi connectivity index (χ3v) is 7.38. The molecule has 226 valence electrons. The van der Waals surface area contributed by atoms with Crippen molar-refractivity contribution in [1.82, 2.24) is 10.2 Å². The van der Waals surface area contributed by atoms with Crippen molar-refractivity contribution < 1.29 is 46.1 Å². The molecule has 0 bridgehead atoms. The maximum absolute atomic E-state index is 13.5. The van der Waals surface area contributed by atoms with E-state index >= 15 is 0 Å². The Bertz CT molecular complexity index is 1240. The lowest BCUT2D eigenvalue weighted by Crippen LogP contribution is -2.52. The van der Waals surface area contributed by atoms with Gasteiger partial charge in [-0.05, 0) is 83.0 Å². The summed E-state index contributed by atoms with van der Waals surface area (Å²) < 4.78 is 69.9. The topological polar surface area (TPSA) is 100 Å². The van der Waals surface area contributed by atoms with Crippen molar-refractivity contribution in [2.24, 2.45) is 0 Å². The molecule has 0 radical (unpaired) electrons. The van der Waals surface area contributed by atoms with Crippen LogP contribution in [0.4, 0.5) is 32.4 Å². The fraction of sp³-hybridized carbons (Fsp3) is 0.500. The monoisotopic (exact) mass is 587 g/mol. The number of fused-ring (bicyclic) bond motifs is 1. The molecule has 2 amide bonds. The molecule has 0 aromatic heterocycles. The largest absolute Gasteiger partial charge is 0.493 e. The molecule has 4 rings (SSSR count). The maximum atomic E-state index is 13.5. The van der Waals surface area contributed by atoms with Crippen LogP contribution >= 0.6 is 0 Å². The molecule has 0 unspecified atom stereocenters. The fourth-order valence-corrected chi connectivity index (χ4v) is 5.51. The number of anilines is 1. The minimum atomic E-state index is -5.08. The average Bonchev–Trinajstić information content (AvgIpc) is 3.22. The van der Waals surface area contributed by atoms with E-state index in [2.05, 4.69) is 34.7 Å². The van der Waals surface area contributed by atoms with Crippen molar-refractivity contribution in [3.63, 3.8) is 0 Å². The van der Waals surface area contributed by atoms with Crippen LogP contribution in [0.3, 0.4) is 0 Å². The number of carboxylic acids is 1. The van der Waals surface area contributed by atoms with Crippen LogP contribution in [0.2, 0.25) is 0 Å². The summed E-state index contributed by atoms with van der Waals surface area (Å²) in [7, 11) is 3.78. The van der Waals surface area contributed by atoms with E-state index in [-0.39, 0.29) is 29.3 Å². The molecule has 2 aromatic rings. The van der Waals surface area contributed by atoms with E-state index in [1.54, 1.807) is 7.11 Å². The molecule has 2 fully saturated rings. The Labute approximate surface area is 234 Å². The minimum absolute atomic E-state index is 0.0198. The van der Waals surface area contributed by atoms with Crippen LogP contribution in [0.25, 0.3) is 0 Å². The summed E-state index contributed by atoms with van der Waals surface area (Å²) in [5.41, 5.74) is 1.43. The molecule has 1 aliphatic carbocycles. The van der Waals surface area contributed by atoms with Gasteiger partial charge >= 0.3 is 18.2 Å². The van der Waals surface area contributed by atoms with Gasteiger partial charge in [0.05, 0.1) is 13.2 Å². The second-order valence-electron chi connectivity index (χ2n) is 10.4. The molecule has 3 N–H and O–H groups in total. The van der Waals surface area contributed by atoms with Crippen molar-refractivity contribution in [3.8, 4) is 11.5 Å². The molecule has 1 saturated carbocycles. The van der Waals surface area contributed by atoms with Crippen LogP contribution in [0.1, 0.15) is 45.1 Å². The molecule has 2 aliphatic rings. The minimum Gasteiger partial charge on any atom is -0.493 e. The molecule has 1 heterocycles. The van der Waals surface area contributed by atoms with Crippen molar-refractivity contribution >= 4 is 17.7 Å². The van der Waals surface area contributed by atoms with Gasteiger partial charge in [0.1, 0.15) is 0 Å². The smallest absolute Gasteiger partial charge is 0.490 e. The summed E-state index contributed by atoms with van der Waals surface area (Å²) in [5.74, 6) is -3.22. The van der Waals surface area contributed by atoms with Crippen LogP contribution < -0.4 is 20.1 Å². The zero-order valence-electron chi connectivity index (χ0n) is 23.1. The number of halogens is 5.